The fourth-order valence-electron chi connectivity index (χ4n) is 6.43. The molecule has 0 aromatic carbocycles. The summed E-state index contributed by atoms with van der Waals surface area (Å²) in [5.74, 6) is 0.624. The van der Waals surface area contributed by atoms with Crippen LogP contribution in [0.15, 0.2) is 0 Å². The van der Waals surface area contributed by atoms with Gasteiger partial charge < -0.3 is 29.8 Å². The van der Waals surface area contributed by atoms with E-state index in [0.717, 1.165) is 44.2 Å². The van der Waals surface area contributed by atoms with Gasteiger partial charge >= 0.3 is 11.9 Å². The lowest BCUT2D eigenvalue weighted by molar-refractivity contribution is -0.145. The van der Waals surface area contributed by atoms with Crippen molar-refractivity contribution in [2.75, 3.05) is 48.3 Å². The van der Waals surface area contributed by atoms with Crippen LogP contribution >= 0.6 is 0 Å². The van der Waals surface area contributed by atoms with Crippen LogP contribution < -0.4 is 0 Å². The Balaban J connectivity index is 0.000000549. The quantitative estimate of drug-likeness (QED) is 0.457. The van der Waals surface area contributed by atoms with E-state index in [1.165, 1.54) is 24.9 Å². The monoisotopic (exact) mass is 655 g/mol. The molecule has 0 bridgehead atoms. The first kappa shape index (κ1) is 43.3. The van der Waals surface area contributed by atoms with Gasteiger partial charge in [-0.2, -0.15) is 0 Å². The summed E-state index contributed by atoms with van der Waals surface area (Å²) in [5, 5.41) is 17.2. The molecule has 0 aliphatic carbocycles. The number of nitrogens with zero attached hydrogens (tertiary/aromatic N) is 5. The molecule has 5 rings (SSSR count). The van der Waals surface area contributed by atoms with Crippen LogP contribution in [0, 0.1) is 17.8 Å². The Hall–Kier alpha value is -2.73. The number of hydrogen-bond donors (Lipinski definition) is 2. The third kappa shape index (κ3) is 13.2. The lowest BCUT2D eigenvalue weighted by atomic mass is 10.1. The molecule has 0 spiro atoms. The highest BCUT2D eigenvalue weighted by Gasteiger charge is 2.33. The van der Waals surface area contributed by atoms with Gasteiger partial charge in [0, 0.05) is 71.1 Å². The number of likely N-dealkylation sites (tertiary alicyclic amines) is 5. The van der Waals surface area contributed by atoms with E-state index in [1.807, 2.05) is 37.9 Å². The molecule has 12 heteroatoms. The first-order chi connectivity index (χ1) is 20.8. The summed E-state index contributed by atoms with van der Waals surface area (Å²) >= 11 is 0. The normalized spacial score (nSPS) is 32.3. The number of aliphatic carboxylic acids is 2. The molecule has 5 fully saturated rings. The van der Waals surface area contributed by atoms with Crippen LogP contribution in [-0.4, -0.2) is 143 Å². The molecule has 2 N–H and O–H groups in total. The standard InChI is InChI=1S/C7H13NO2.C7H13NO.C7H15N.C6H9NO3.C6H11NO.CH4/c1-5-3-6(7(9)10)8(2)4-5;1-5-4-6(2)8(3)7(5)9;1-6-4-7(2)8(3)5-6;1-7-4(6(9)10)2-3-5(7)8;1-5-3-4-6(8)7(5)2;/h5-6H,3-4H2,1-2H3,(H,9,10);5-6H,4H2,1-3H3;6-7H,4-5H2,1-3H3;4H,2-3H2,1H3,(H,9,10);5H,3-4H2,1-2H3;1H4/t5-,6+;5-,6-;6-,7-;4-;5-;/m11101./s1. The second kappa shape index (κ2) is 19.8. The third-order valence-corrected chi connectivity index (χ3v) is 9.87. The van der Waals surface area contributed by atoms with Crippen molar-refractivity contribution in [3.63, 3.8) is 0 Å². The minimum Gasteiger partial charge on any atom is -0.480 e. The summed E-state index contributed by atoms with van der Waals surface area (Å²) < 4.78 is 0. The van der Waals surface area contributed by atoms with E-state index in [0.29, 0.717) is 36.8 Å². The van der Waals surface area contributed by atoms with Gasteiger partial charge in [0.25, 0.3) is 0 Å². The van der Waals surface area contributed by atoms with E-state index >= 15 is 0 Å². The van der Waals surface area contributed by atoms with Gasteiger partial charge in [0.15, 0.2) is 0 Å². The summed E-state index contributed by atoms with van der Waals surface area (Å²) in [6, 6.07) is 0.919. The third-order valence-electron chi connectivity index (χ3n) is 9.87. The van der Waals surface area contributed by atoms with Crippen LogP contribution in [0.3, 0.4) is 0 Å². The van der Waals surface area contributed by atoms with E-state index in [4.69, 9.17) is 10.2 Å². The number of carbonyl (C=O) groups is 5. The van der Waals surface area contributed by atoms with Gasteiger partial charge in [0.05, 0.1) is 0 Å². The SMILES string of the molecule is C.CN1C(=O)CC[C@H]1C(=O)O.C[C@@H]1CCC(=O)N1C.C[C@@H]1C[C@@H](C(=O)O)N(C)C1.C[C@@H]1C[C@@H](C)N(C)C1.C[C@@H]1C[C@@H](C)N(C)C1=O. The van der Waals surface area contributed by atoms with E-state index in [2.05, 4.69) is 46.6 Å². The van der Waals surface area contributed by atoms with Crippen LogP contribution in [0.5, 0.6) is 0 Å². The number of amides is 3. The van der Waals surface area contributed by atoms with Gasteiger partial charge in [0.2, 0.25) is 17.7 Å². The minimum atomic E-state index is -0.909. The summed E-state index contributed by atoms with van der Waals surface area (Å²) in [5.41, 5.74) is 0. The lowest BCUT2D eigenvalue weighted by Crippen LogP contribution is -2.34. The highest BCUT2D eigenvalue weighted by atomic mass is 16.4. The molecule has 0 radical (unpaired) electrons. The van der Waals surface area contributed by atoms with Crippen molar-refractivity contribution < 1.29 is 34.2 Å². The molecule has 5 aliphatic heterocycles. The Morgan fingerprint density at radius 2 is 1.07 bits per heavy atom. The fraction of sp³-hybridized carbons (Fsp3) is 0.853. The Bertz CT molecular complexity index is 1000. The highest BCUT2D eigenvalue weighted by Crippen LogP contribution is 2.22. The number of carboxylic acid groups (broad SMARTS) is 2. The summed E-state index contributed by atoms with van der Waals surface area (Å²) in [4.78, 5) is 62.6. The molecule has 5 heterocycles. The van der Waals surface area contributed by atoms with Crippen molar-refractivity contribution in [2.24, 2.45) is 17.8 Å². The molecule has 46 heavy (non-hydrogen) atoms. The van der Waals surface area contributed by atoms with Gasteiger partial charge in [-0.3, -0.25) is 24.1 Å². The van der Waals surface area contributed by atoms with Gasteiger partial charge in [-0.1, -0.05) is 28.2 Å². The zero-order valence-corrected chi connectivity index (χ0v) is 29.7. The Morgan fingerprint density at radius 1 is 0.587 bits per heavy atom. The van der Waals surface area contributed by atoms with Gasteiger partial charge in [-0.05, 0) is 78.8 Å². The number of carbonyl (C=O) groups excluding carboxylic acids is 3. The molecular weight excluding hydrogens is 590 g/mol. The molecule has 5 aliphatic rings. The average molecular weight is 656 g/mol. The molecule has 12 nitrogen and oxygen atoms in total. The number of carboxylic acids is 2. The largest absolute Gasteiger partial charge is 0.480 e. The van der Waals surface area contributed by atoms with E-state index in [-0.39, 0.29) is 31.2 Å². The van der Waals surface area contributed by atoms with E-state index in [9.17, 15) is 24.0 Å². The molecule has 0 saturated carbocycles. The van der Waals surface area contributed by atoms with Crippen molar-refractivity contribution in [1.82, 2.24) is 24.5 Å². The molecule has 0 aromatic heterocycles. The fourth-order valence-corrected chi connectivity index (χ4v) is 6.43. The summed E-state index contributed by atoms with van der Waals surface area (Å²) in [6.45, 7) is 15.1. The molecule has 0 aromatic rings. The average Bonchev–Trinajstić information content (AvgIpc) is 3.71. The molecule has 268 valence electrons. The van der Waals surface area contributed by atoms with Gasteiger partial charge in [-0.15, -0.1) is 0 Å². The highest BCUT2D eigenvalue weighted by molar-refractivity contribution is 5.87. The molecule has 8 atom stereocenters. The van der Waals surface area contributed by atoms with Crippen LogP contribution in [0.4, 0.5) is 0 Å². The zero-order chi connectivity index (χ0) is 34.8. The number of rotatable bonds is 2. The molecule has 0 unspecified atom stereocenters. The minimum absolute atomic E-state index is 0. The van der Waals surface area contributed by atoms with Crippen molar-refractivity contribution >= 4 is 29.7 Å². The van der Waals surface area contributed by atoms with E-state index in [1.54, 1.807) is 4.90 Å². The topological polar surface area (TPSA) is 142 Å². The van der Waals surface area contributed by atoms with Crippen molar-refractivity contribution in [3.8, 4) is 0 Å². The smallest absolute Gasteiger partial charge is 0.326 e. The lowest BCUT2D eigenvalue weighted by Gasteiger charge is -2.14. The molecule has 5 saturated heterocycles. The van der Waals surface area contributed by atoms with Crippen molar-refractivity contribution in [3.05, 3.63) is 0 Å². The van der Waals surface area contributed by atoms with Crippen molar-refractivity contribution in [1.29, 1.82) is 0 Å². The molecule has 3 amide bonds. The maximum atomic E-state index is 11.0. The summed E-state index contributed by atoms with van der Waals surface area (Å²) in [7, 11) is 9.32. The Morgan fingerprint density at radius 3 is 1.22 bits per heavy atom. The van der Waals surface area contributed by atoms with Crippen LogP contribution in [0.1, 0.15) is 93.9 Å². The second-order valence-electron chi connectivity index (χ2n) is 14.0. The van der Waals surface area contributed by atoms with Gasteiger partial charge in [-0.25, -0.2) is 4.79 Å². The van der Waals surface area contributed by atoms with Crippen LogP contribution in [-0.2, 0) is 24.0 Å². The Labute approximate surface area is 278 Å². The van der Waals surface area contributed by atoms with Crippen LogP contribution in [0.2, 0.25) is 0 Å². The van der Waals surface area contributed by atoms with E-state index < -0.39 is 18.0 Å². The van der Waals surface area contributed by atoms with Crippen molar-refractivity contribution in [2.45, 2.75) is 124 Å². The van der Waals surface area contributed by atoms with Crippen LogP contribution in [0.25, 0.3) is 0 Å². The predicted octanol–water partition coefficient (Wildman–Crippen LogP) is 3.59. The first-order valence-corrected chi connectivity index (χ1v) is 16.4. The predicted molar refractivity (Wildman–Crippen MR) is 181 cm³/mol. The Kier molecular flexibility index (Phi) is 18.6. The van der Waals surface area contributed by atoms with Gasteiger partial charge in [0.1, 0.15) is 12.1 Å². The summed E-state index contributed by atoms with van der Waals surface area (Å²) in [6.07, 6.45) is 5.81. The maximum absolute atomic E-state index is 11.0. The zero-order valence-electron chi connectivity index (χ0n) is 29.7. The number of hydrogen-bond acceptors (Lipinski definition) is 7. The first-order valence-electron chi connectivity index (χ1n) is 16.4. The molecular formula is C34H65N5O7. The maximum Gasteiger partial charge on any atom is 0.326 e. The second-order valence-corrected chi connectivity index (χ2v) is 14.0. The number of likely N-dealkylation sites (N-methyl/N-ethyl adjacent to an activating group) is 2.